The fraction of sp³-hybridized carbons (Fsp3) is 0.571. The molecule has 0 aromatic heterocycles. The average molecular weight is 609 g/mol. The van der Waals surface area contributed by atoms with Crippen LogP contribution in [0.5, 0.6) is 0 Å². The standard InChI is InChI=1S/C8H14N2O7.C6H9NO6.6Na.2H2O/c9-4-8(1-5(11)12,2-6(13)14)10(17)3-7(15)16;8-4(9)1-7(2-5(10)11)3-6(12)13;;;;;;;;/h17H,1-4,9H2,(H,11,12)(H,13,14)(H,15,16);1-3H2,(H,8,9)(H,10,11)(H,12,13);;;;;;;2*1H2/q;;6*+1;;/p-6. The van der Waals surface area contributed by atoms with Crippen molar-refractivity contribution in [1.29, 1.82) is 0 Å². The summed E-state index contributed by atoms with van der Waals surface area (Å²) in [5.74, 6) is -9.79. The Hall–Kier alpha value is 2.58. The van der Waals surface area contributed by atoms with Gasteiger partial charge in [0.15, 0.2) is 0 Å². The summed E-state index contributed by atoms with van der Waals surface area (Å²) in [6.45, 7) is -4.07. The van der Waals surface area contributed by atoms with Crippen molar-refractivity contribution in [2.24, 2.45) is 5.73 Å². The molecule has 0 saturated heterocycles. The Morgan fingerprint density at radius 1 is 0.553 bits per heavy atom. The van der Waals surface area contributed by atoms with Gasteiger partial charge in [0.2, 0.25) is 0 Å². The second kappa shape index (κ2) is 37.6. The number of nitrogens with two attached hydrogens (primary N) is 1. The summed E-state index contributed by atoms with van der Waals surface area (Å²) in [5, 5.41) is 70.6. The van der Waals surface area contributed by atoms with Gasteiger partial charge in [0, 0.05) is 51.0 Å². The fourth-order valence-electron chi connectivity index (χ4n) is 2.04. The normalized spacial score (nSPS) is 8.53. The van der Waals surface area contributed by atoms with E-state index in [2.05, 4.69) is 0 Å². The molecule has 0 heterocycles. The number of carbonyl (C=O) groups is 6. The van der Waals surface area contributed by atoms with Crippen LogP contribution in [0.2, 0.25) is 0 Å². The van der Waals surface area contributed by atoms with Gasteiger partial charge in [-0.25, -0.2) is 0 Å². The number of aliphatic carboxylic acids is 6. The predicted molar refractivity (Wildman–Crippen MR) is 83.2 cm³/mol. The first-order valence-corrected chi connectivity index (χ1v) is 7.73. The van der Waals surface area contributed by atoms with E-state index in [4.69, 9.17) is 5.73 Å². The molecular formula is C14H21N3Na6O15. The summed E-state index contributed by atoms with van der Waals surface area (Å²) in [7, 11) is 0. The molecule has 0 aliphatic carbocycles. The quantitative estimate of drug-likeness (QED) is 0.136. The first-order chi connectivity index (χ1) is 13.6. The van der Waals surface area contributed by atoms with Gasteiger partial charge in [0.05, 0.1) is 36.0 Å². The third-order valence-corrected chi connectivity index (χ3v) is 3.21. The molecule has 0 aliphatic heterocycles. The second-order valence-electron chi connectivity index (χ2n) is 5.72. The Bertz CT molecular complexity index is 623. The van der Waals surface area contributed by atoms with E-state index in [9.17, 15) is 64.6 Å². The third kappa shape index (κ3) is 38.6. The SMILES string of the molecule is NCC(CC(=O)[O-])(CC(=O)[O-])N(O)CC(=O)[O-].O.O.O=C([O-])CN(CC(=O)[O-])CC(=O)[O-].[Na+].[Na+].[Na+].[Na+].[Na+].[Na+]. The van der Waals surface area contributed by atoms with Gasteiger partial charge in [-0.2, -0.15) is 5.06 Å². The van der Waals surface area contributed by atoms with E-state index in [1.807, 2.05) is 0 Å². The van der Waals surface area contributed by atoms with Gasteiger partial charge < -0.3 is 81.3 Å². The number of rotatable bonds is 14. The molecule has 0 saturated carbocycles. The smallest absolute Gasteiger partial charge is 0.550 e. The molecule has 0 bridgehead atoms. The summed E-state index contributed by atoms with van der Waals surface area (Å²) < 4.78 is 0. The van der Waals surface area contributed by atoms with Crippen LogP contribution in [0, 0.1) is 0 Å². The molecule has 0 spiro atoms. The van der Waals surface area contributed by atoms with Gasteiger partial charge in [0.25, 0.3) is 0 Å². The van der Waals surface area contributed by atoms with Crippen molar-refractivity contribution in [1.82, 2.24) is 9.96 Å². The Morgan fingerprint density at radius 2 is 0.789 bits per heavy atom. The van der Waals surface area contributed by atoms with Crippen molar-refractivity contribution in [2.75, 3.05) is 32.7 Å². The molecule has 0 aliphatic rings. The van der Waals surface area contributed by atoms with Gasteiger partial charge in [-0.15, -0.1) is 0 Å². The maximum atomic E-state index is 10.5. The number of hydroxylamine groups is 2. The Balaban J connectivity index is -0.0000000435. The zero-order chi connectivity index (χ0) is 24.1. The molecular weight excluding hydrogens is 588 g/mol. The molecule has 38 heavy (non-hydrogen) atoms. The number of carboxylic acids is 6. The average Bonchev–Trinajstić information content (AvgIpc) is 2.50. The summed E-state index contributed by atoms with van der Waals surface area (Å²) in [5.41, 5.74) is 3.18. The summed E-state index contributed by atoms with van der Waals surface area (Å²) in [6, 6.07) is 0. The Kier molecular flexibility index (Phi) is 67.3. The van der Waals surface area contributed by atoms with Gasteiger partial charge in [0.1, 0.15) is 0 Å². The van der Waals surface area contributed by atoms with Crippen molar-refractivity contribution in [2.45, 2.75) is 18.4 Å². The van der Waals surface area contributed by atoms with Crippen LogP contribution in [0.25, 0.3) is 0 Å². The van der Waals surface area contributed by atoms with Gasteiger partial charge >= 0.3 is 177 Å². The van der Waals surface area contributed by atoms with E-state index >= 15 is 0 Å². The molecule has 0 unspecified atom stereocenters. The van der Waals surface area contributed by atoms with Gasteiger partial charge in [-0.05, 0) is 0 Å². The minimum Gasteiger partial charge on any atom is -0.550 e. The summed E-state index contributed by atoms with van der Waals surface area (Å²) in [4.78, 5) is 61.8. The number of carboxylic acid groups (broad SMARTS) is 6. The minimum atomic E-state index is -2.00. The van der Waals surface area contributed by atoms with Crippen LogP contribution in [0.15, 0.2) is 0 Å². The number of carbonyl (C=O) groups excluding carboxylic acids is 6. The number of nitrogens with zero attached hydrogens (tertiary/aromatic N) is 2. The largest absolute Gasteiger partial charge is 1.00 e. The first-order valence-electron chi connectivity index (χ1n) is 7.73. The van der Waals surface area contributed by atoms with E-state index < -0.39 is 86.9 Å². The van der Waals surface area contributed by atoms with Crippen molar-refractivity contribution in [3.63, 3.8) is 0 Å². The molecule has 0 amide bonds. The molecule has 0 radical (unpaired) electrons. The van der Waals surface area contributed by atoms with Crippen LogP contribution in [0.4, 0.5) is 0 Å². The molecule has 18 nitrogen and oxygen atoms in total. The van der Waals surface area contributed by atoms with E-state index in [0.29, 0.717) is 4.90 Å². The van der Waals surface area contributed by atoms with E-state index in [1.165, 1.54) is 0 Å². The van der Waals surface area contributed by atoms with Gasteiger partial charge in [-0.3, -0.25) is 4.90 Å². The maximum absolute atomic E-state index is 10.5. The molecule has 0 fully saturated rings. The Morgan fingerprint density at radius 3 is 0.947 bits per heavy atom. The van der Waals surface area contributed by atoms with Crippen molar-refractivity contribution < 1.29 is 253 Å². The Labute approximate surface area is 349 Å². The van der Waals surface area contributed by atoms with Crippen molar-refractivity contribution >= 4 is 35.8 Å². The van der Waals surface area contributed by atoms with Gasteiger partial charge in [-0.1, -0.05) is 0 Å². The number of hydrogen-bond acceptors (Lipinski definition) is 16. The van der Waals surface area contributed by atoms with Crippen molar-refractivity contribution in [3.05, 3.63) is 0 Å². The summed E-state index contributed by atoms with van der Waals surface area (Å²) >= 11 is 0. The van der Waals surface area contributed by atoms with Crippen LogP contribution in [-0.4, -0.2) is 100 Å². The fourth-order valence-corrected chi connectivity index (χ4v) is 2.04. The van der Waals surface area contributed by atoms with Crippen LogP contribution in [-0.2, 0) is 28.8 Å². The molecule has 0 rings (SSSR count). The first kappa shape index (κ1) is 68.0. The molecule has 7 N–H and O–H groups in total. The van der Waals surface area contributed by atoms with E-state index in [0.717, 1.165) is 0 Å². The monoisotopic (exact) mass is 609 g/mol. The van der Waals surface area contributed by atoms with Crippen LogP contribution >= 0.6 is 0 Å². The molecule has 188 valence electrons. The zero-order valence-electron chi connectivity index (χ0n) is 22.3. The van der Waals surface area contributed by atoms with Crippen LogP contribution in [0.3, 0.4) is 0 Å². The molecule has 0 aromatic rings. The molecule has 24 heteroatoms. The minimum absolute atomic E-state index is 0. The molecule has 0 atom stereocenters. The van der Waals surface area contributed by atoms with Crippen LogP contribution in [0.1, 0.15) is 12.8 Å². The maximum Gasteiger partial charge on any atom is 1.00 e. The van der Waals surface area contributed by atoms with Crippen molar-refractivity contribution in [3.8, 4) is 0 Å². The predicted octanol–water partition coefficient (Wildman–Crippen LogP) is -30.7. The number of hydrogen-bond donors (Lipinski definition) is 2. The second-order valence-corrected chi connectivity index (χ2v) is 5.72. The third-order valence-electron chi connectivity index (χ3n) is 3.21. The van der Waals surface area contributed by atoms with E-state index in [-0.39, 0.29) is 193 Å². The van der Waals surface area contributed by atoms with Crippen LogP contribution < -0.4 is 214 Å². The summed E-state index contributed by atoms with van der Waals surface area (Å²) in [6.07, 6.45) is -1.91. The zero-order valence-corrected chi connectivity index (χ0v) is 34.3. The molecule has 0 aromatic carbocycles. The van der Waals surface area contributed by atoms with E-state index in [1.54, 1.807) is 0 Å². The topological polar surface area (TPSA) is 357 Å².